The van der Waals surface area contributed by atoms with E-state index >= 15 is 0 Å². The van der Waals surface area contributed by atoms with Crippen molar-refractivity contribution in [1.29, 1.82) is 0 Å². The largest absolute Gasteiger partial charge is 0.316 e. The Morgan fingerprint density at radius 2 is 1.93 bits per heavy atom. The maximum absolute atomic E-state index is 12.5. The van der Waals surface area contributed by atoms with Crippen LogP contribution in [0.2, 0.25) is 0 Å². The van der Waals surface area contributed by atoms with Crippen LogP contribution in [-0.4, -0.2) is 42.3 Å². The van der Waals surface area contributed by atoms with E-state index in [1.54, 1.807) is 0 Å². The van der Waals surface area contributed by atoms with Gasteiger partial charge in [0.2, 0.25) is 0 Å². The predicted molar refractivity (Wildman–Crippen MR) is 113 cm³/mol. The molecule has 2 aromatic rings. The number of hydrogen-bond acceptors (Lipinski definition) is 4. The number of nitrogens with zero attached hydrogens (tertiary/aromatic N) is 2. The Morgan fingerprint density at radius 3 is 2.67 bits per heavy atom. The van der Waals surface area contributed by atoms with E-state index in [1.165, 1.54) is 11.8 Å². The SMILES string of the molecule is O=C(Cc1ccccc1)N=C1S[C@H]2CS(=O)(=O)C[C@H]2N1c1cccc(Br)c1. The Morgan fingerprint density at radius 1 is 1.15 bits per heavy atom. The Kier molecular flexibility index (Phi) is 5.13. The fourth-order valence-corrected chi connectivity index (χ4v) is 7.73. The summed E-state index contributed by atoms with van der Waals surface area (Å²) in [6.45, 7) is 0. The molecule has 0 spiro atoms. The molecule has 27 heavy (non-hydrogen) atoms. The number of aliphatic imine (C=N–C) groups is 1. The molecule has 2 fully saturated rings. The van der Waals surface area contributed by atoms with E-state index < -0.39 is 9.84 Å². The third-order valence-corrected chi connectivity index (χ3v) is 8.27. The average Bonchev–Trinajstić information content (AvgIpc) is 3.06. The predicted octanol–water partition coefficient (Wildman–Crippen LogP) is 3.29. The van der Waals surface area contributed by atoms with Crippen molar-refractivity contribution in [3.05, 3.63) is 64.6 Å². The standard InChI is InChI=1S/C19H17BrN2O3S2/c20-14-7-4-8-15(10-14)22-16-11-27(24,25)12-17(16)26-19(22)21-18(23)9-13-5-2-1-3-6-13/h1-8,10,16-17H,9,11-12H2/t16-,17+/m1/s1. The molecule has 140 valence electrons. The van der Waals surface area contributed by atoms with E-state index in [0.717, 1.165) is 15.7 Å². The van der Waals surface area contributed by atoms with Gasteiger partial charge in [0, 0.05) is 15.4 Å². The number of hydrogen-bond donors (Lipinski definition) is 0. The van der Waals surface area contributed by atoms with E-state index in [9.17, 15) is 13.2 Å². The minimum absolute atomic E-state index is 0.0864. The summed E-state index contributed by atoms with van der Waals surface area (Å²) in [5.41, 5.74) is 1.75. The molecule has 0 aliphatic carbocycles. The van der Waals surface area contributed by atoms with Crippen LogP contribution >= 0.6 is 27.7 Å². The van der Waals surface area contributed by atoms with Gasteiger partial charge in [0.15, 0.2) is 15.0 Å². The van der Waals surface area contributed by atoms with Gasteiger partial charge in [-0.2, -0.15) is 4.99 Å². The number of amides is 1. The summed E-state index contributed by atoms with van der Waals surface area (Å²) in [7, 11) is -3.07. The van der Waals surface area contributed by atoms with Gasteiger partial charge >= 0.3 is 0 Å². The van der Waals surface area contributed by atoms with Crippen molar-refractivity contribution in [3.63, 3.8) is 0 Å². The fraction of sp³-hybridized carbons (Fsp3) is 0.263. The number of carbonyl (C=O) groups is 1. The molecule has 2 aromatic carbocycles. The maximum atomic E-state index is 12.5. The number of sulfone groups is 1. The lowest BCUT2D eigenvalue weighted by Crippen LogP contribution is -2.37. The summed E-state index contributed by atoms with van der Waals surface area (Å²) in [5, 5.41) is 0.483. The third-order valence-electron chi connectivity index (χ3n) is 4.57. The van der Waals surface area contributed by atoms with Crippen molar-refractivity contribution in [3.8, 4) is 0 Å². The molecule has 1 amide bonds. The van der Waals surface area contributed by atoms with Crippen LogP contribution in [-0.2, 0) is 21.1 Å². The first kappa shape index (κ1) is 18.7. The smallest absolute Gasteiger partial charge is 0.252 e. The number of halogens is 1. The molecule has 0 saturated carbocycles. The van der Waals surface area contributed by atoms with Crippen LogP contribution in [0.4, 0.5) is 5.69 Å². The second kappa shape index (κ2) is 7.41. The van der Waals surface area contributed by atoms with Crippen LogP contribution in [0.5, 0.6) is 0 Å². The van der Waals surface area contributed by atoms with Crippen molar-refractivity contribution in [2.75, 3.05) is 16.4 Å². The Balaban J connectivity index is 1.65. The van der Waals surface area contributed by atoms with Gasteiger partial charge in [0.25, 0.3) is 5.91 Å². The first-order valence-electron chi connectivity index (χ1n) is 8.49. The van der Waals surface area contributed by atoms with Gasteiger partial charge in [-0.25, -0.2) is 8.42 Å². The lowest BCUT2D eigenvalue weighted by atomic mass is 10.1. The second-order valence-electron chi connectivity index (χ2n) is 6.60. The van der Waals surface area contributed by atoms with Crippen molar-refractivity contribution in [1.82, 2.24) is 0 Å². The highest BCUT2D eigenvalue weighted by atomic mass is 79.9. The highest BCUT2D eigenvalue weighted by molar-refractivity contribution is 9.10. The average molecular weight is 465 g/mol. The zero-order valence-electron chi connectivity index (χ0n) is 14.3. The molecule has 5 nitrogen and oxygen atoms in total. The lowest BCUT2D eigenvalue weighted by Gasteiger charge is -2.24. The van der Waals surface area contributed by atoms with Crippen molar-refractivity contribution in [2.24, 2.45) is 4.99 Å². The molecule has 0 bridgehead atoms. The van der Waals surface area contributed by atoms with Crippen LogP contribution in [0.1, 0.15) is 5.56 Å². The van der Waals surface area contributed by atoms with Gasteiger partial charge in [-0.15, -0.1) is 0 Å². The number of fused-ring (bicyclic) bond motifs is 1. The zero-order chi connectivity index (χ0) is 19.0. The highest BCUT2D eigenvalue weighted by Crippen LogP contribution is 2.41. The normalized spacial score (nSPS) is 24.9. The summed E-state index contributed by atoms with van der Waals surface area (Å²) in [6, 6.07) is 16.9. The van der Waals surface area contributed by atoms with Gasteiger partial charge in [-0.05, 0) is 23.8 Å². The molecule has 2 aliphatic heterocycles. The molecule has 0 radical (unpaired) electrons. The Hall–Kier alpha value is -1.64. The zero-order valence-corrected chi connectivity index (χ0v) is 17.5. The summed E-state index contributed by atoms with van der Waals surface area (Å²) >= 11 is 4.85. The summed E-state index contributed by atoms with van der Waals surface area (Å²) in [6.07, 6.45) is 0.227. The monoisotopic (exact) mass is 464 g/mol. The summed E-state index contributed by atoms with van der Waals surface area (Å²) in [5.74, 6) is -0.0199. The number of anilines is 1. The molecule has 8 heteroatoms. The number of thioether (sulfide) groups is 1. The molecule has 0 unspecified atom stereocenters. The van der Waals surface area contributed by atoms with Crippen LogP contribution < -0.4 is 4.90 Å². The fourth-order valence-electron chi connectivity index (χ4n) is 3.41. The molecule has 2 atom stereocenters. The van der Waals surface area contributed by atoms with Crippen LogP contribution in [0.15, 0.2) is 64.1 Å². The van der Waals surface area contributed by atoms with E-state index in [0.29, 0.717) is 5.17 Å². The van der Waals surface area contributed by atoms with E-state index in [-0.39, 0.29) is 35.1 Å². The molecule has 2 heterocycles. The molecular weight excluding hydrogens is 448 g/mol. The number of amidine groups is 1. The second-order valence-corrected chi connectivity index (χ2v) is 10.9. The van der Waals surface area contributed by atoms with Crippen LogP contribution in [0.25, 0.3) is 0 Å². The van der Waals surface area contributed by atoms with Crippen molar-refractivity contribution in [2.45, 2.75) is 17.7 Å². The molecular formula is C19H17BrN2O3S2. The minimum atomic E-state index is -3.07. The van der Waals surface area contributed by atoms with E-state index in [4.69, 9.17) is 0 Å². The number of rotatable bonds is 3. The van der Waals surface area contributed by atoms with Gasteiger partial charge in [-0.3, -0.25) is 4.79 Å². The molecule has 4 rings (SSSR count). The van der Waals surface area contributed by atoms with Gasteiger partial charge in [0.05, 0.1) is 24.0 Å². The third kappa shape index (κ3) is 4.12. The molecule has 2 aliphatic rings. The van der Waals surface area contributed by atoms with Gasteiger partial charge < -0.3 is 4.90 Å². The van der Waals surface area contributed by atoms with Crippen LogP contribution in [0.3, 0.4) is 0 Å². The molecule has 0 N–H and O–H groups in total. The first-order valence-corrected chi connectivity index (χ1v) is 12.0. The molecule has 2 saturated heterocycles. The van der Waals surface area contributed by atoms with Gasteiger partial charge in [0.1, 0.15) is 0 Å². The molecule has 0 aromatic heterocycles. The highest BCUT2D eigenvalue weighted by Gasteiger charge is 2.49. The first-order chi connectivity index (χ1) is 12.9. The quantitative estimate of drug-likeness (QED) is 0.696. The lowest BCUT2D eigenvalue weighted by molar-refractivity contribution is -0.117. The van der Waals surface area contributed by atoms with Crippen molar-refractivity contribution >= 4 is 54.3 Å². The Bertz CT molecular complexity index is 1010. The van der Waals surface area contributed by atoms with E-state index in [1.807, 2.05) is 59.5 Å². The summed E-state index contributed by atoms with van der Waals surface area (Å²) < 4.78 is 25.1. The summed E-state index contributed by atoms with van der Waals surface area (Å²) in [4.78, 5) is 18.8. The van der Waals surface area contributed by atoms with Gasteiger partial charge in [-0.1, -0.05) is 64.1 Å². The Labute approximate surface area is 170 Å². The van der Waals surface area contributed by atoms with Crippen LogP contribution in [0, 0.1) is 0 Å². The topological polar surface area (TPSA) is 66.8 Å². The number of benzene rings is 2. The number of carbonyl (C=O) groups excluding carboxylic acids is 1. The van der Waals surface area contributed by atoms with E-state index in [2.05, 4.69) is 20.9 Å². The minimum Gasteiger partial charge on any atom is -0.316 e. The van der Waals surface area contributed by atoms with Crippen molar-refractivity contribution < 1.29 is 13.2 Å². The maximum Gasteiger partial charge on any atom is 0.252 e.